The molecular formula is C10H17NO2. The van der Waals surface area contributed by atoms with Gasteiger partial charge < -0.3 is 10.4 Å². The molecule has 3 nitrogen and oxygen atoms in total. The topological polar surface area (TPSA) is 49.3 Å². The van der Waals surface area contributed by atoms with Gasteiger partial charge in [0.25, 0.3) is 0 Å². The summed E-state index contributed by atoms with van der Waals surface area (Å²) in [5, 5.41) is 11.5. The number of carbonyl (C=O) groups excluding carboxylic acids is 1. The molecule has 1 unspecified atom stereocenters. The number of aliphatic hydroxyl groups is 1. The Morgan fingerprint density at radius 2 is 2.46 bits per heavy atom. The molecule has 1 amide bonds. The van der Waals surface area contributed by atoms with Gasteiger partial charge in [0.15, 0.2) is 0 Å². The Labute approximate surface area is 78.8 Å². The van der Waals surface area contributed by atoms with Gasteiger partial charge in [-0.1, -0.05) is 12.2 Å². The average molecular weight is 183 g/mol. The summed E-state index contributed by atoms with van der Waals surface area (Å²) in [4.78, 5) is 11.5. The molecule has 0 bridgehead atoms. The summed E-state index contributed by atoms with van der Waals surface area (Å²) < 4.78 is 0. The minimum atomic E-state index is -0.126. The lowest BCUT2D eigenvalue weighted by molar-refractivity contribution is -0.126. The van der Waals surface area contributed by atoms with Crippen LogP contribution in [0.15, 0.2) is 12.2 Å². The third-order valence-corrected chi connectivity index (χ3v) is 2.30. The standard InChI is InChI=1S/C10H17NO2/c1-8(7-12)11-10(13)9-5-3-2-4-6-9/h2-3,8-9,12H,4-7H2,1H3,(H,11,13)/t8-,9?/m0/s1. The van der Waals surface area contributed by atoms with Crippen LogP contribution in [0.4, 0.5) is 0 Å². The summed E-state index contributed by atoms with van der Waals surface area (Å²) in [6, 6.07) is -0.126. The van der Waals surface area contributed by atoms with Crippen LogP contribution < -0.4 is 5.32 Å². The van der Waals surface area contributed by atoms with Gasteiger partial charge in [-0.05, 0) is 26.2 Å². The normalized spacial score (nSPS) is 24.0. The Hall–Kier alpha value is -0.830. The Morgan fingerprint density at radius 3 is 3.00 bits per heavy atom. The molecule has 0 aliphatic heterocycles. The molecule has 13 heavy (non-hydrogen) atoms. The fourth-order valence-electron chi connectivity index (χ4n) is 1.44. The lowest BCUT2D eigenvalue weighted by atomic mass is 9.93. The van der Waals surface area contributed by atoms with Crippen molar-refractivity contribution in [1.82, 2.24) is 5.32 Å². The zero-order chi connectivity index (χ0) is 9.68. The first-order chi connectivity index (χ1) is 6.24. The van der Waals surface area contributed by atoms with E-state index in [0.717, 1.165) is 19.3 Å². The molecule has 1 rings (SSSR count). The van der Waals surface area contributed by atoms with Crippen LogP contribution in [0.1, 0.15) is 26.2 Å². The second kappa shape index (κ2) is 5.02. The lowest BCUT2D eigenvalue weighted by Gasteiger charge is -2.19. The van der Waals surface area contributed by atoms with Gasteiger partial charge in [-0.25, -0.2) is 0 Å². The number of amides is 1. The van der Waals surface area contributed by atoms with Crippen molar-refractivity contribution in [3.8, 4) is 0 Å². The number of rotatable bonds is 3. The van der Waals surface area contributed by atoms with Gasteiger partial charge in [0.2, 0.25) is 5.91 Å². The van der Waals surface area contributed by atoms with Gasteiger partial charge >= 0.3 is 0 Å². The highest BCUT2D eigenvalue weighted by molar-refractivity contribution is 5.79. The molecule has 0 radical (unpaired) electrons. The quantitative estimate of drug-likeness (QED) is 0.637. The van der Waals surface area contributed by atoms with E-state index in [4.69, 9.17) is 5.11 Å². The van der Waals surface area contributed by atoms with Crippen molar-refractivity contribution in [2.75, 3.05) is 6.61 Å². The maximum atomic E-state index is 11.5. The molecule has 0 spiro atoms. The highest BCUT2D eigenvalue weighted by Crippen LogP contribution is 2.17. The summed E-state index contributed by atoms with van der Waals surface area (Å²) >= 11 is 0. The molecule has 0 aromatic carbocycles. The van der Waals surface area contributed by atoms with Crippen LogP contribution in [0.2, 0.25) is 0 Å². The molecule has 3 heteroatoms. The van der Waals surface area contributed by atoms with E-state index in [1.807, 2.05) is 0 Å². The molecule has 0 fully saturated rings. The number of carbonyl (C=O) groups is 1. The first kappa shape index (κ1) is 10.3. The van der Waals surface area contributed by atoms with E-state index < -0.39 is 0 Å². The van der Waals surface area contributed by atoms with Crippen LogP contribution >= 0.6 is 0 Å². The summed E-state index contributed by atoms with van der Waals surface area (Å²) in [7, 11) is 0. The van der Waals surface area contributed by atoms with Gasteiger partial charge in [0, 0.05) is 12.0 Å². The predicted octanol–water partition coefficient (Wildman–Crippen LogP) is 0.840. The Bertz CT molecular complexity index is 201. The van der Waals surface area contributed by atoms with Crippen LogP contribution in [0.3, 0.4) is 0 Å². The van der Waals surface area contributed by atoms with Crippen molar-refractivity contribution in [2.45, 2.75) is 32.2 Å². The summed E-state index contributed by atoms with van der Waals surface area (Å²) in [5.74, 6) is 0.185. The van der Waals surface area contributed by atoms with E-state index >= 15 is 0 Å². The number of aliphatic hydroxyl groups excluding tert-OH is 1. The highest BCUT2D eigenvalue weighted by Gasteiger charge is 2.19. The fourth-order valence-corrected chi connectivity index (χ4v) is 1.44. The molecule has 0 heterocycles. The maximum Gasteiger partial charge on any atom is 0.223 e. The maximum absolute atomic E-state index is 11.5. The van der Waals surface area contributed by atoms with Crippen LogP contribution in [0.5, 0.6) is 0 Å². The molecule has 0 aromatic rings. The average Bonchev–Trinajstić information content (AvgIpc) is 2.19. The van der Waals surface area contributed by atoms with Crippen molar-refractivity contribution < 1.29 is 9.90 Å². The minimum absolute atomic E-state index is 0.00823. The van der Waals surface area contributed by atoms with Crippen molar-refractivity contribution >= 4 is 5.91 Å². The van der Waals surface area contributed by atoms with Crippen LogP contribution in [-0.2, 0) is 4.79 Å². The third-order valence-electron chi connectivity index (χ3n) is 2.30. The zero-order valence-corrected chi connectivity index (χ0v) is 7.99. The van der Waals surface area contributed by atoms with E-state index in [-0.39, 0.29) is 24.5 Å². The van der Waals surface area contributed by atoms with E-state index in [1.165, 1.54) is 0 Å². The zero-order valence-electron chi connectivity index (χ0n) is 7.99. The molecule has 1 aliphatic rings. The first-order valence-corrected chi connectivity index (χ1v) is 4.80. The van der Waals surface area contributed by atoms with E-state index in [0.29, 0.717) is 0 Å². The molecule has 74 valence electrons. The Balaban J connectivity index is 2.34. The van der Waals surface area contributed by atoms with Crippen molar-refractivity contribution in [3.63, 3.8) is 0 Å². The second-order valence-corrected chi connectivity index (χ2v) is 3.57. The fraction of sp³-hybridized carbons (Fsp3) is 0.700. The van der Waals surface area contributed by atoms with E-state index in [2.05, 4.69) is 17.5 Å². The Morgan fingerprint density at radius 1 is 1.69 bits per heavy atom. The van der Waals surface area contributed by atoms with Crippen molar-refractivity contribution in [2.24, 2.45) is 5.92 Å². The summed E-state index contributed by atoms with van der Waals surface area (Å²) in [5.41, 5.74) is 0. The van der Waals surface area contributed by atoms with E-state index in [1.54, 1.807) is 6.92 Å². The SMILES string of the molecule is C[C@@H](CO)NC(=O)C1CC=CCC1. The van der Waals surface area contributed by atoms with Gasteiger partial charge in [-0.3, -0.25) is 4.79 Å². The molecule has 2 N–H and O–H groups in total. The highest BCUT2D eigenvalue weighted by atomic mass is 16.3. The van der Waals surface area contributed by atoms with Crippen LogP contribution in [0, 0.1) is 5.92 Å². The molecule has 0 saturated carbocycles. The second-order valence-electron chi connectivity index (χ2n) is 3.57. The van der Waals surface area contributed by atoms with Crippen LogP contribution in [0.25, 0.3) is 0 Å². The van der Waals surface area contributed by atoms with Crippen molar-refractivity contribution in [3.05, 3.63) is 12.2 Å². The number of hydrogen-bond donors (Lipinski definition) is 2. The lowest BCUT2D eigenvalue weighted by Crippen LogP contribution is -2.39. The first-order valence-electron chi connectivity index (χ1n) is 4.80. The van der Waals surface area contributed by atoms with Gasteiger partial charge in [0.05, 0.1) is 6.61 Å². The summed E-state index contributed by atoms with van der Waals surface area (Å²) in [6.07, 6.45) is 6.92. The smallest absolute Gasteiger partial charge is 0.223 e. The Kier molecular flexibility index (Phi) is 3.96. The van der Waals surface area contributed by atoms with Crippen LogP contribution in [-0.4, -0.2) is 23.7 Å². The third kappa shape index (κ3) is 3.19. The minimum Gasteiger partial charge on any atom is -0.394 e. The van der Waals surface area contributed by atoms with E-state index in [9.17, 15) is 4.79 Å². The largest absolute Gasteiger partial charge is 0.394 e. The number of hydrogen-bond acceptors (Lipinski definition) is 2. The predicted molar refractivity (Wildman–Crippen MR) is 51.2 cm³/mol. The number of nitrogens with one attached hydrogen (secondary N) is 1. The molecule has 0 saturated heterocycles. The van der Waals surface area contributed by atoms with Gasteiger partial charge in [0.1, 0.15) is 0 Å². The van der Waals surface area contributed by atoms with Crippen molar-refractivity contribution in [1.29, 1.82) is 0 Å². The monoisotopic (exact) mass is 183 g/mol. The molecular weight excluding hydrogens is 166 g/mol. The summed E-state index contributed by atoms with van der Waals surface area (Å²) in [6.45, 7) is 1.81. The molecule has 0 aromatic heterocycles. The van der Waals surface area contributed by atoms with Gasteiger partial charge in [-0.15, -0.1) is 0 Å². The molecule has 2 atom stereocenters. The molecule has 1 aliphatic carbocycles. The van der Waals surface area contributed by atoms with Gasteiger partial charge in [-0.2, -0.15) is 0 Å². The number of allylic oxidation sites excluding steroid dienone is 2.